The number of halogens is 1. The molecule has 4 heteroatoms. The molecule has 1 fully saturated rings. The maximum absolute atomic E-state index is 8.91. The van der Waals surface area contributed by atoms with Gasteiger partial charge in [0.05, 0.1) is 11.6 Å². The lowest BCUT2D eigenvalue weighted by molar-refractivity contribution is 0.289. The van der Waals surface area contributed by atoms with E-state index in [1.54, 1.807) is 0 Å². The molecule has 0 spiro atoms. The fourth-order valence-electron chi connectivity index (χ4n) is 2.14. The Kier molecular flexibility index (Phi) is 4.62. The van der Waals surface area contributed by atoms with Gasteiger partial charge in [-0.25, -0.2) is 0 Å². The van der Waals surface area contributed by atoms with Gasteiger partial charge in [0.2, 0.25) is 0 Å². The molecule has 1 N–H and O–H groups in total. The van der Waals surface area contributed by atoms with Crippen molar-refractivity contribution in [2.75, 3.05) is 25.0 Å². The van der Waals surface area contributed by atoms with Gasteiger partial charge >= 0.3 is 0 Å². The Hall–Kier alpha value is -1.05. The van der Waals surface area contributed by atoms with Gasteiger partial charge in [-0.15, -0.1) is 0 Å². The van der Waals surface area contributed by atoms with E-state index in [1.807, 2.05) is 18.2 Å². The van der Waals surface area contributed by atoms with E-state index in [9.17, 15) is 0 Å². The second-order valence-corrected chi connectivity index (χ2v) is 5.54. The standard InChI is InChI=1S/C14H18BrN3/c1-2-18(14-3-4-14)6-5-17-13-8-11(10-16)7-12(15)9-13/h7-9,14,17H,2-6H2,1H3. The van der Waals surface area contributed by atoms with Crippen LogP contribution in [0.25, 0.3) is 0 Å². The average molecular weight is 308 g/mol. The van der Waals surface area contributed by atoms with Gasteiger partial charge in [-0.05, 0) is 37.6 Å². The third kappa shape index (κ3) is 3.72. The molecule has 1 saturated carbocycles. The summed E-state index contributed by atoms with van der Waals surface area (Å²) in [4.78, 5) is 2.51. The quantitative estimate of drug-likeness (QED) is 0.877. The van der Waals surface area contributed by atoms with Gasteiger partial charge in [-0.1, -0.05) is 22.9 Å². The first-order chi connectivity index (χ1) is 8.72. The molecule has 0 aromatic heterocycles. The molecule has 3 nitrogen and oxygen atoms in total. The van der Waals surface area contributed by atoms with Crippen LogP contribution in [0.5, 0.6) is 0 Å². The lowest BCUT2D eigenvalue weighted by Crippen LogP contribution is -2.30. The van der Waals surface area contributed by atoms with E-state index in [2.05, 4.69) is 39.1 Å². The Morgan fingerprint density at radius 3 is 2.83 bits per heavy atom. The van der Waals surface area contributed by atoms with Crippen molar-refractivity contribution < 1.29 is 0 Å². The number of likely N-dealkylation sites (N-methyl/N-ethyl adjacent to an activating group) is 1. The molecule has 0 aliphatic heterocycles. The highest BCUT2D eigenvalue weighted by Crippen LogP contribution is 2.26. The third-order valence-corrected chi connectivity index (χ3v) is 3.68. The van der Waals surface area contributed by atoms with Crippen LogP contribution in [-0.4, -0.2) is 30.6 Å². The summed E-state index contributed by atoms with van der Waals surface area (Å²) in [5.74, 6) is 0. The lowest BCUT2D eigenvalue weighted by atomic mass is 10.2. The molecular weight excluding hydrogens is 290 g/mol. The Morgan fingerprint density at radius 2 is 2.22 bits per heavy atom. The molecule has 0 radical (unpaired) electrons. The Morgan fingerprint density at radius 1 is 1.44 bits per heavy atom. The smallest absolute Gasteiger partial charge is 0.0992 e. The number of hydrogen-bond donors (Lipinski definition) is 1. The zero-order valence-corrected chi connectivity index (χ0v) is 12.2. The largest absolute Gasteiger partial charge is 0.384 e. The van der Waals surface area contributed by atoms with Crippen molar-refractivity contribution >= 4 is 21.6 Å². The summed E-state index contributed by atoms with van der Waals surface area (Å²) in [5, 5.41) is 12.3. The summed E-state index contributed by atoms with van der Waals surface area (Å²) < 4.78 is 0.943. The highest BCUT2D eigenvalue weighted by molar-refractivity contribution is 9.10. The SMILES string of the molecule is CCN(CCNc1cc(Br)cc(C#N)c1)C1CC1. The number of nitriles is 1. The highest BCUT2D eigenvalue weighted by atomic mass is 79.9. The van der Waals surface area contributed by atoms with Gasteiger partial charge in [0.15, 0.2) is 0 Å². The molecule has 1 aromatic rings. The minimum Gasteiger partial charge on any atom is -0.384 e. The van der Waals surface area contributed by atoms with Gasteiger partial charge in [-0.2, -0.15) is 5.26 Å². The predicted octanol–water partition coefficient (Wildman–Crippen LogP) is 3.22. The first-order valence-corrected chi connectivity index (χ1v) is 7.21. The molecule has 1 aromatic carbocycles. The molecule has 1 aliphatic carbocycles. The van der Waals surface area contributed by atoms with Gasteiger partial charge < -0.3 is 5.32 Å². The number of hydrogen-bond acceptors (Lipinski definition) is 3. The normalized spacial score (nSPS) is 14.6. The minimum absolute atomic E-state index is 0.682. The second-order valence-electron chi connectivity index (χ2n) is 4.63. The van der Waals surface area contributed by atoms with E-state index in [-0.39, 0.29) is 0 Å². The summed E-state index contributed by atoms with van der Waals surface area (Å²) in [6, 6.07) is 8.70. The summed E-state index contributed by atoms with van der Waals surface area (Å²) in [7, 11) is 0. The van der Waals surface area contributed by atoms with Crippen LogP contribution in [0.3, 0.4) is 0 Å². The highest BCUT2D eigenvalue weighted by Gasteiger charge is 2.26. The van der Waals surface area contributed by atoms with Crippen LogP contribution < -0.4 is 5.32 Å². The van der Waals surface area contributed by atoms with E-state index in [4.69, 9.17) is 5.26 Å². The van der Waals surface area contributed by atoms with Crippen molar-refractivity contribution in [1.82, 2.24) is 4.90 Å². The van der Waals surface area contributed by atoms with Crippen LogP contribution in [0.15, 0.2) is 22.7 Å². The van der Waals surface area contributed by atoms with Gasteiger partial charge in [0.1, 0.15) is 0 Å². The lowest BCUT2D eigenvalue weighted by Gasteiger charge is -2.20. The molecule has 0 heterocycles. The molecule has 0 amide bonds. The molecule has 0 atom stereocenters. The van der Waals surface area contributed by atoms with Crippen LogP contribution in [0.4, 0.5) is 5.69 Å². The molecular formula is C14H18BrN3. The molecule has 18 heavy (non-hydrogen) atoms. The van der Waals surface area contributed by atoms with Crippen LogP contribution in [0.2, 0.25) is 0 Å². The monoisotopic (exact) mass is 307 g/mol. The van der Waals surface area contributed by atoms with Crippen molar-refractivity contribution in [3.8, 4) is 6.07 Å². The van der Waals surface area contributed by atoms with Gasteiger partial charge in [0, 0.05) is 29.3 Å². The van der Waals surface area contributed by atoms with E-state index in [1.165, 1.54) is 12.8 Å². The summed E-state index contributed by atoms with van der Waals surface area (Å²) in [5.41, 5.74) is 1.69. The van der Waals surface area contributed by atoms with Crippen molar-refractivity contribution in [1.29, 1.82) is 5.26 Å². The number of benzene rings is 1. The van der Waals surface area contributed by atoms with Crippen LogP contribution in [0.1, 0.15) is 25.3 Å². The van der Waals surface area contributed by atoms with Crippen LogP contribution >= 0.6 is 15.9 Å². The zero-order chi connectivity index (χ0) is 13.0. The minimum atomic E-state index is 0.682. The first kappa shape index (κ1) is 13.4. The Labute approximate surface area is 117 Å². The first-order valence-electron chi connectivity index (χ1n) is 6.41. The van der Waals surface area contributed by atoms with Crippen molar-refractivity contribution in [3.63, 3.8) is 0 Å². The number of rotatable bonds is 6. The summed E-state index contributed by atoms with van der Waals surface area (Å²) >= 11 is 3.42. The van der Waals surface area contributed by atoms with E-state index in [0.717, 1.165) is 35.8 Å². The maximum atomic E-state index is 8.91. The fourth-order valence-corrected chi connectivity index (χ4v) is 2.63. The van der Waals surface area contributed by atoms with Gasteiger partial charge in [0.25, 0.3) is 0 Å². The van der Waals surface area contributed by atoms with Crippen molar-refractivity contribution in [2.45, 2.75) is 25.8 Å². The molecule has 0 saturated heterocycles. The summed E-state index contributed by atoms with van der Waals surface area (Å²) in [6.45, 7) is 5.32. The molecule has 0 unspecified atom stereocenters. The number of nitrogens with zero attached hydrogens (tertiary/aromatic N) is 2. The molecule has 96 valence electrons. The molecule has 1 aliphatic rings. The second kappa shape index (κ2) is 6.21. The number of anilines is 1. The number of nitrogens with one attached hydrogen (secondary N) is 1. The predicted molar refractivity (Wildman–Crippen MR) is 77.6 cm³/mol. The molecule has 0 bridgehead atoms. The topological polar surface area (TPSA) is 39.1 Å². The Balaban J connectivity index is 1.86. The Bertz CT molecular complexity index is 449. The third-order valence-electron chi connectivity index (χ3n) is 3.22. The van der Waals surface area contributed by atoms with Crippen molar-refractivity contribution in [3.05, 3.63) is 28.2 Å². The summed E-state index contributed by atoms with van der Waals surface area (Å²) in [6.07, 6.45) is 2.70. The van der Waals surface area contributed by atoms with Crippen LogP contribution in [0, 0.1) is 11.3 Å². The fraction of sp³-hybridized carbons (Fsp3) is 0.500. The van der Waals surface area contributed by atoms with E-state index in [0.29, 0.717) is 5.56 Å². The average Bonchev–Trinajstić information content (AvgIpc) is 3.18. The maximum Gasteiger partial charge on any atom is 0.0992 e. The zero-order valence-electron chi connectivity index (χ0n) is 10.6. The van der Waals surface area contributed by atoms with Gasteiger partial charge in [-0.3, -0.25) is 4.90 Å². The van der Waals surface area contributed by atoms with E-state index >= 15 is 0 Å². The van der Waals surface area contributed by atoms with Crippen LogP contribution in [-0.2, 0) is 0 Å². The van der Waals surface area contributed by atoms with Crippen molar-refractivity contribution in [2.24, 2.45) is 0 Å². The van der Waals surface area contributed by atoms with E-state index < -0.39 is 0 Å². The molecule has 2 rings (SSSR count).